The van der Waals surface area contributed by atoms with Gasteiger partial charge in [-0.15, -0.1) is 0 Å². The van der Waals surface area contributed by atoms with Gasteiger partial charge in [0.1, 0.15) is 0 Å². The van der Waals surface area contributed by atoms with Crippen molar-refractivity contribution in [2.45, 2.75) is 18.4 Å². The van der Waals surface area contributed by atoms with Crippen LogP contribution in [0.3, 0.4) is 0 Å². The molecule has 0 aliphatic carbocycles. The van der Waals surface area contributed by atoms with E-state index in [2.05, 4.69) is 103 Å². The molecule has 1 unspecified atom stereocenters. The van der Waals surface area contributed by atoms with Crippen LogP contribution in [0, 0.1) is 6.92 Å². The Balaban J connectivity index is 1.76. The lowest BCUT2D eigenvalue weighted by Gasteiger charge is -2.27. The number of aryl methyl sites for hydroxylation is 1. The van der Waals surface area contributed by atoms with E-state index in [0.717, 1.165) is 12.2 Å². The normalized spacial score (nSPS) is 17.0. The van der Waals surface area contributed by atoms with Crippen molar-refractivity contribution in [2.24, 2.45) is 0 Å². The van der Waals surface area contributed by atoms with Crippen LogP contribution in [0.4, 0.5) is 5.69 Å². The fourth-order valence-electron chi connectivity index (χ4n) is 2.91. The fourth-order valence-corrected chi connectivity index (χ4v) is 6.12. The zero-order chi connectivity index (χ0) is 17.2. The first-order chi connectivity index (χ1) is 12.2. The van der Waals surface area contributed by atoms with Crippen molar-refractivity contribution in [3.63, 3.8) is 0 Å². The maximum atomic E-state index is 4.35. The zero-order valence-electron chi connectivity index (χ0n) is 13.8. The van der Waals surface area contributed by atoms with Crippen LogP contribution < -0.4 is 4.31 Å². The third-order valence-corrected chi connectivity index (χ3v) is 7.14. The van der Waals surface area contributed by atoms with Crippen molar-refractivity contribution in [1.29, 1.82) is 0 Å². The van der Waals surface area contributed by atoms with Crippen LogP contribution in [0.5, 0.6) is 0 Å². The Hall–Kier alpha value is -2.11. The number of imidazole rings is 1. The fraction of sp³-hybridized carbons (Fsp3) is 0.100. The van der Waals surface area contributed by atoms with Crippen LogP contribution in [0.15, 0.2) is 89.9 Å². The molecule has 0 fully saturated rings. The predicted molar refractivity (Wildman–Crippen MR) is 110 cm³/mol. The highest BCUT2D eigenvalue weighted by Crippen LogP contribution is 2.45. The highest BCUT2D eigenvalue weighted by molar-refractivity contribution is 9.20. The lowest BCUT2D eigenvalue weighted by molar-refractivity contribution is 0.776. The Bertz CT molecular complexity index is 945. The summed E-state index contributed by atoms with van der Waals surface area (Å²) in [5, 5.41) is 0. The minimum atomic E-state index is -0.181. The van der Waals surface area contributed by atoms with E-state index in [-0.39, 0.29) is 10.7 Å². The van der Waals surface area contributed by atoms with E-state index in [1.165, 1.54) is 20.1 Å². The van der Waals surface area contributed by atoms with Gasteiger partial charge in [-0.3, -0.25) is 4.31 Å². The summed E-state index contributed by atoms with van der Waals surface area (Å²) in [7, 11) is -0.181. The molecule has 5 heteroatoms. The maximum absolute atomic E-state index is 4.35. The molecule has 0 saturated carbocycles. The van der Waals surface area contributed by atoms with Crippen LogP contribution in [0.2, 0.25) is 0 Å². The molecular formula is C20H18BrN3S. The third-order valence-electron chi connectivity index (χ3n) is 3.97. The molecule has 1 atom stereocenters. The number of aromatic nitrogens is 2. The summed E-state index contributed by atoms with van der Waals surface area (Å²) in [5.74, 6) is 0. The molecule has 1 aliphatic rings. The molecular weight excluding hydrogens is 394 g/mol. The van der Waals surface area contributed by atoms with Gasteiger partial charge < -0.3 is 4.57 Å². The number of hydrogen-bond donors (Lipinski definition) is 0. The van der Waals surface area contributed by atoms with Gasteiger partial charge in [0.25, 0.3) is 0 Å². The molecule has 0 spiro atoms. The van der Waals surface area contributed by atoms with Gasteiger partial charge >= 0.3 is 0 Å². The first-order valence-corrected chi connectivity index (χ1v) is 10.1. The number of rotatable bonds is 4. The van der Waals surface area contributed by atoms with Gasteiger partial charge in [0.05, 0.1) is 33.7 Å². The maximum Gasteiger partial charge on any atom is 0.0952 e. The number of nitrogens with zero attached hydrogens (tertiary/aromatic N) is 3. The van der Waals surface area contributed by atoms with Crippen molar-refractivity contribution in [1.82, 2.24) is 9.55 Å². The SMILES string of the molecule is Cc1cn(CC2=CC(Br)=S(c3ccccc3)N2c2ccccc2)cn1. The van der Waals surface area contributed by atoms with Gasteiger partial charge in [-0.2, -0.15) is 0 Å². The van der Waals surface area contributed by atoms with Crippen LogP contribution in [0.1, 0.15) is 5.69 Å². The average molecular weight is 412 g/mol. The average Bonchev–Trinajstić information content (AvgIpc) is 3.19. The largest absolute Gasteiger partial charge is 0.331 e. The molecule has 0 N–H and O–H groups in total. The molecule has 126 valence electrons. The molecule has 3 aromatic rings. The predicted octanol–water partition coefficient (Wildman–Crippen LogP) is 5.36. The molecule has 4 rings (SSSR count). The summed E-state index contributed by atoms with van der Waals surface area (Å²) in [6.07, 6.45) is 6.22. The smallest absolute Gasteiger partial charge is 0.0952 e. The number of benzene rings is 2. The number of para-hydroxylation sites is 1. The van der Waals surface area contributed by atoms with Gasteiger partial charge in [0.2, 0.25) is 0 Å². The van der Waals surface area contributed by atoms with Crippen LogP contribution in [0.25, 0.3) is 0 Å². The number of hydrogen-bond acceptors (Lipinski definition) is 2. The van der Waals surface area contributed by atoms with Crippen molar-refractivity contribution in [2.75, 3.05) is 4.31 Å². The Kier molecular flexibility index (Phi) is 4.59. The second-order valence-corrected chi connectivity index (χ2v) is 9.08. The Morgan fingerprint density at radius 1 is 1.00 bits per heavy atom. The monoisotopic (exact) mass is 411 g/mol. The van der Waals surface area contributed by atoms with Crippen LogP contribution >= 0.6 is 26.6 Å². The van der Waals surface area contributed by atoms with E-state index in [1.807, 2.05) is 13.3 Å². The third kappa shape index (κ3) is 3.34. The van der Waals surface area contributed by atoms with Gasteiger partial charge in [-0.25, -0.2) is 4.98 Å². The standard InChI is InChI=1S/C20H18BrN3S/c1-16-13-23(15-22-16)14-18-12-20(21)25(19-10-6-3-7-11-19)24(18)17-8-4-2-5-9-17/h2-13,15H,14H2,1H3. The van der Waals surface area contributed by atoms with Crippen molar-refractivity contribution in [3.8, 4) is 0 Å². The van der Waals surface area contributed by atoms with Crippen molar-refractivity contribution in [3.05, 3.63) is 90.7 Å². The van der Waals surface area contributed by atoms with Gasteiger partial charge in [-0.05, 0) is 63.9 Å². The Labute approximate surface area is 158 Å². The highest BCUT2D eigenvalue weighted by Gasteiger charge is 2.25. The van der Waals surface area contributed by atoms with E-state index >= 15 is 0 Å². The van der Waals surface area contributed by atoms with E-state index < -0.39 is 0 Å². The summed E-state index contributed by atoms with van der Waals surface area (Å²) >= 11 is 3.82. The first-order valence-electron chi connectivity index (χ1n) is 8.08. The Morgan fingerprint density at radius 2 is 1.68 bits per heavy atom. The minimum absolute atomic E-state index is 0.181. The lowest BCUT2D eigenvalue weighted by Crippen LogP contribution is -2.17. The van der Waals surface area contributed by atoms with Gasteiger partial charge in [0.15, 0.2) is 0 Å². The molecule has 2 aromatic carbocycles. The number of halogens is 1. The van der Waals surface area contributed by atoms with Crippen molar-refractivity contribution < 1.29 is 0 Å². The first kappa shape index (κ1) is 16.4. The van der Waals surface area contributed by atoms with E-state index in [1.54, 1.807) is 0 Å². The molecule has 25 heavy (non-hydrogen) atoms. The molecule has 1 aliphatic heterocycles. The van der Waals surface area contributed by atoms with Crippen LogP contribution in [-0.2, 0) is 6.54 Å². The summed E-state index contributed by atoms with van der Waals surface area (Å²) in [4.78, 5) is 5.65. The molecule has 0 radical (unpaired) electrons. The quantitative estimate of drug-likeness (QED) is 0.425. The van der Waals surface area contributed by atoms with Crippen molar-refractivity contribution >= 4 is 36.1 Å². The number of anilines is 1. The van der Waals surface area contributed by atoms with Gasteiger partial charge in [-0.1, -0.05) is 36.4 Å². The zero-order valence-corrected chi connectivity index (χ0v) is 16.2. The second-order valence-electron chi connectivity index (χ2n) is 5.85. The van der Waals surface area contributed by atoms with Gasteiger partial charge in [0, 0.05) is 11.1 Å². The summed E-state index contributed by atoms with van der Waals surface area (Å²) in [5.41, 5.74) is 3.49. The molecule has 3 nitrogen and oxygen atoms in total. The topological polar surface area (TPSA) is 21.1 Å². The lowest BCUT2D eigenvalue weighted by atomic mass is 10.3. The van der Waals surface area contributed by atoms with E-state index in [0.29, 0.717) is 0 Å². The molecule has 0 bridgehead atoms. The summed E-state index contributed by atoms with van der Waals surface area (Å²) in [6.45, 7) is 2.81. The molecule has 0 saturated heterocycles. The number of allylic oxidation sites excluding steroid dienone is 2. The van der Waals surface area contributed by atoms with Crippen LogP contribution in [-0.4, -0.2) is 13.3 Å². The molecule has 2 heterocycles. The highest BCUT2D eigenvalue weighted by atomic mass is 79.9. The van der Waals surface area contributed by atoms with E-state index in [9.17, 15) is 0 Å². The summed E-state index contributed by atoms with van der Waals surface area (Å²) < 4.78 is 5.76. The second kappa shape index (κ2) is 7.02. The van der Waals surface area contributed by atoms with E-state index in [4.69, 9.17) is 0 Å². The summed E-state index contributed by atoms with van der Waals surface area (Å²) in [6, 6.07) is 21.2. The Morgan fingerprint density at radius 3 is 2.32 bits per heavy atom. The minimum Gasteiger partial charge on any atom is -0.331 e. The molecule has 1 aromatic heterocycles. The molecule has 0 amide bonds.